The Morgan fingerprint density at radius 2 is 1.67 bits per heavy atom. The molecule has 0 bridgehead atoms. The van der Waals surface area contributed by atoms with Gasteiger partial charge in [-0.1, -0.05) is 36.4 Å². The Kier molecular flexibility index (Phi) is 3.30. The highest BCUT2D eigenvalue weighted by atomic mass is 16.6. The maximum absolute atomic E-state index is 12.5. The van der Waals surface area contributed by atoms with Gasteiger partial charge in [-0.15, -0.1) is 0 Å². The summed E-state index contributed by atoms with van der Waals surface area (Å²) in [5, 5.41) is 20.3. The van der Waals surface area contributed by atoms with Crippen LogP contribution in [0.3, 0.4) is 0 Å². The Balaban J connectivity index is 1.96. The number of carboxylic acid groups (broad SMARTS) is 2. The summed E-state index contributed by atoms with van der Waals surface area (Å²) in [6.45, 7) is 0.941. The van der Waals surface area contributed by atoms with E-state index in [1.807, 2.05) is 12.1 Å². The fraction of sp³-hybridized carbons (Fsp3) is 0.444. The molecule has 0 saturated carbocycles. The van der Waals surface area contributed by atoms with E-state index in [1.54, 1.807) is 24.3 Å². The van der Waals surface area contributed by atoms with Gasteiger partial charge in [0.15, 0.2) is 0 Å². The smallest absolute Gasteiger partial charge is 0.315 e. The van der Waals surface area contributed by atoms with Crippen molar-refractivity contribution in [3.8, 4) is 0 Å². The van der Waals surface area contributed by atoms with E-state index in [-0.39, 0.29) is 25.0 Å². The molecule has 2 saturated heterocycles. The first-order chi connectivity index (χ1) is 11.5. The van der Waals surface area contributed by atoms with E-state index in [0.29, 0.717) is 18.8 Å². The van der Waals surface area contributed by atoms with Crippen LogP contribution in [0.2, 0.25) is 0 Å². The molecule has 1 aromatic rings. The van der Waals surface area contributed by atoms with Gasteiger partial charge in [0.05, 0.1) is 25.4 Å². The van der Waals surface area contributed by atoms with Gasteiger partial charge < -0.3 is 19.7 Å². The summed E-state index contributed by atoms with van der Waals surface area (Å²) in [6.07, 6.45) is 3.13. The summed E-state index contributed by atoms with van der Waals surface area (Å²) in [7, 11) is 0. The predicted molar refractivity (Wildman–Crippen MR) is 83.6 cm³/mol. The zero-order chi connectivity index (χ0) is 16.9. The third-order valence-electron chi connectivity index (χ3n) is 5.36. The van der Waals surface area contributed by atoms with Gasteiger partial charge in [-0.2, -0.15) is 0 Å². The fourth-order valence-electron chi connectivity index (χ4n) is 3.99. The molecule has 4 atom stereocenters. The Morgan fingerprint density at radius 1 is 1.04 bits per heavy atom. The van der Waals surface area contributed by atoms with Crippen LogP contribution in [0.1, 0.15) is 24.0 Å². The first kappa shape index (κ1) is 15.4. The van der Waals surface area contributed by atoms with Gasteiger partial charge in [0.1, 0.15) is 10.8 Å². The van der Waals surface area contributed by atoms with Gasteiger partial charge in [-0.05, 0) is 24.0 Å². The van der Waals surface area contributed by atoms with Gasteiger partial charge in [-0.25, -0.2) is 0 Å². The van der Waals surface area contributed by atoms with Crippen molar-refractivity contribution in [1.82, 2.24) is 0 Å². The second kappa shape index (κ2) is 5.16. The molecule has 0 aromatic heterocycles. The Hall–Kier alpha value is -2.18. The van der Waals surface area contributed by atoms with E-state index in [0.717, 1.165) is 5.56 Å². The number of fused-ring (bicyclic) bond motifs is 1. The van der Waals surface area contributed by atoms with Crippen LogP contribution in [0.25, 0.3) is 6.08 Å². The van der Waals surface area contributed by atoms with E-state index in [4.69, 9.17) is 9.47 Å². The minimum atomic E-state index is -1.57. The van der Waals surface area contributed by atoms with Crippen molar-refractivity contribution in [2.45, 2.75) is 30.5 Å². The highest BCUT2D eigenvalue weighted by Crippen LogP contribution is 2.56. The van der Waals surface area contributed by atoms with Crippen molar-refractivity contribution < 1.29 is 29.3 Å². The number of carbonyl (C=O) groups is 2. The summed E-state index contributed by atoms with van der Waals surface area (Å²) >= 11 is 0. The molecule has 1 aromatic carbocycles. The molecule has 2 heterocycles. The van der Waals surface area contributed by atoms with Crippen molar-refractivity contribution in [2.75, 3.05) is 13.2 Å². The third kappa shape index (κ3) is 2.10. The Bertz CT molecular complexity index is 733. The van der Waals surface area contributed by atoms with Crippen LogP contribution in [-0.4, -0.2) is 47.6 Å². The molecular formula is C18H18O6. The van der Waals surface area contributed by atoms with Crippen LogP contribution in [0.4, 0.5) is 0 Å². The standard InChI is InChI=1S/C18H18O6/c19-15(20)17(7-12-9-23-12)6-5-11-3-1-2-4-14(11)18(17,16(21)22)8-13-10-24-13/h1-6,12-13H,7-10H2,(H,19,20)(H,21,22). The van der Waals surface area contributed by atoms with E-state index in [9.17, 15) is 19.8 Å². The molecule has 2 fully saturated rings. The monoisotopic (exact) mass is 330 g/mol. The molecule has 0 radical (unpaired) electrons. The molecule has 1 aliphatic carbocycles. The van der Waals surface area contributed by atoms with E-state index < -0.39 is 22.8 Å². The summed E-state index contributed by atoms with van der Waals surface area (Å²) in [5.74, 6) is -2.26. The largest absolute Gasteiger partial charge is 0.481 e. The molecular weight excluding hydrogens is 312 g/mol. The van der Waals surface area contributed by atoms with E-state index >= 15 is 0 Å². The normalized spacial score (nSPS) is 36.0. The summed E-state index contributed by atoms with van der Waals surface area (Å²) in [5.41, 5.74) is -1.84. The van der Waals surface area contributed by atoms with Crippen molar-refractivity contribution >= 4 is 18.0 Å². The number of aliphatic carboxylic acids is 2. The zero-order valence-electron chi connectivity index (χ0n) is 13.0. The van der Waals surface area contributed by atoms with Crippen molar-refractivity contribution in [1.29, 1.82) is 0 Å². The number of ether oxygens (including phenoxy) is 2. The SMILES string of the molecule is O=C(O)C1(CC2CO2)C=Cc2ccccc2C1(CC1CO1)C(=O)O. The summed E-state index contributed by atoms with van der Waals surface area (Å²) in [4.78, 5) is 24.9. The molecule has 3 aliphatic rings. The van der Waals surface area contributed by atoms with Crippen LogP contribution in [0.15, 0.2) is 30.3 Å². The predicted octanol–water partition coefficient (Wildman–Crippen LogP) is 1.68. The van der Waals surface area contributed by atoms with Crippen molar-refractivity contribution in [2.24, 2.45) is 5.41 Å². The number of carboxylic acids is 2. The summed E-state index contributed by atoms with van der Waals surface area (Å²) in [6, 6.07) is 7.11. The molecule has 6 heteroatoms. The number of epoxide rings is 2. The lowest BCUT2D eigenvalue weighted by Crippen LogP contribution is -2.57. The number of hydrogen-bond acceptors (Lipinski definition) is 4. The van der Waals surface area contributed by atoms with Gasteiger partial charge in [-0.3, -0.25) is 9.59 Å². The second-order valence-electron chi connectivity index (χ2n) is 6.73. The highest BCUT2D eigenvalue weighted by molar-refractivity contribution is 5.96. The first-order valence-corrected chi connectivity index (χ1v) is 7.98. The Morgan fingerprint density at radius 3 is 2.25 bits per heavy atom. The Labute approximate surface area is 138 Å². The van der Waals surface area contributed by atoms with E-state index in [1.165, 1.54) is 0 Å². The van der Waals surface area contributed by atoms with Crippen LogP contribution in [0.5, 0.6) is 0 Å². The molecule has 4 unspecified atom stereocenters. The number of rotatable bonds is 6. The van der Waals surface area contributed by atoms with Gasteiger partial charge in [0.2, 0.25) is 0 Å². The van der Waals surface area contributed by atoms with Crippen LogP contribution >= 0.6 is 0 Å². The molecule has 4 rings (SSSR count). The average molecular weight is 330 g/mol. The molecule has 0 spiro atoms. The third-order valence-corrected chi connectivity index (χ3v) is 5.36. The first-order valence-electron chi connectivity index (χ1n) is 7.98. The topological polar surface area (TPSA) is 99.7 Å². The fourth-order valence-corrected chi connectivity index (χ4v) is 3.99. The minimum Gasteiger partial charge on any atom is -0.481 e. The lowest BCUT2D eigenvalue weighted by molar-refractivity contribution is -0.164. The van der Waals surface area contributed by atoms with Crippen LogP contribution < -0.4 is 0 Å². The zero-order valence-corrected chi connectivity index (χ0v) is 13.0. The maximum atomic E-state index is 12.5. The van der Waals surface area contributed by atoms with Crippen LogP contribution in [-0.2, 0) is 24.5 Å². The van der Waals surface area contributed by atoms with E-state index in [2.05, 4.69) is 0 Å². The average Bonchev–Trinajstić information content (AvgIpc) is 3.45. The lowest BCUT2D eigenvalue weighted by atomic mass is 9.53. The molecule has 6 nitrogen and oxygen atoms in total. The highest BCUT2D eigenvalue weighted by Gasteiger charge is 2.65. The molecule has 0 amide bonds. The van der Waals surface area contributed by atoms with Crippen LogP contribution in [0, 0.1) is 5.41 Å². The van der Waals surface area contributed by atoms with Gasteiger partial charge in [0.25, 0.3) is 0 Å². The van der Waals surface area contributed by atoms with Crippen molar-refractivity contribution in [3.63, 3.8) is 0 Å². The molecule has 126 valence electrons. The number of hydrogen-bond donors (Lipinski definition) is 2. The molecule has 2 aliphatic heterocycles. The van der Waals surface area contributed by atoms with Gasteiger partial charge in [0, 0.05) is 0 Å². The van der Waals surface area contributed by atoms with Crippen molar-refractivity contribution in [3.05, 3.63) is 41.5 Å². The minimum absolute atomic E-state index is 0.142. The second-order valence-corrected chi connectivity index (χ2v) is 6.73. The maximum Gasteiger partial charge on any atom is 0.315 e. The summed E-state index contributed by atoms with van der Waals surface area (Å²) < 4.78 is 10.5. The molecule has 2 N–H and O–H groups in total. The number of benzene rings is 1. The van der Waals surface area contributed by atoms with Gasteiger partial charge >= 0.3 is 11.9 Å². The quantitative estimate of drug-likeness (QED) is 0.770. The molecule has 24 heavy (non-hydrogen) atoms. The lowest BCUT2D eigenvalue weighted by Gasteiger charge is -2.46.